The first-order valence-electron chi connectivity index (χ1n) is 6.06. The number of aromatic carboxylic acids is 1. The molecule has 1 rings (SSSR count). The number of amides is 2. The third kappa shape index (κ3) is 3.94. The number of hydrogen-bond acceptors (Lipinski definition) is 3. The predicted octanol–water partition coefficient (Wildman–Crippen LogP) is 2.29. The Morgan fingerprint density at radius 3 is 2.37 bits per heavy atom. The Bertz CT molecular complexity index is 457. The fourth-order valence-electron chi connectivity index (χ4n) is 1.44. The van der Waals surface area contributed by atoms with Crippen molar-refractivity contribution in [3.05, 3.63) is 24.0 Å². The van der Waals surface area contributed by atoms with Crippen molar-refractivity contribution in [3.63, 3.8) is 0 Å². The molecule has 1 heterocycles. The van der Waals surface area contributed by atoms with Crippen molar-refractivity contribution in [2.75, 3.05) is 12.4 Å². The Labute approximate surface area is 112 Å². The predicted molar refractivity (Wildman–Crippen MR) is 72.3 cm³/mol. The molecule has 0 saturated carbocycles. The maximum atomic E-state index is 11.9. The third-order valence-corrected chi connectivity index (χ3v) is 3.13. The first-order chi connectivity index (χ1) is 8.82. The van der Waals surface area contributed by atoms with Gasteiger partial charge in [0.1, 0.15) is 5.69 Å². The van der Waals surface area contributed by atoms with Crippen LogP contribution in [0, 0.1) is 5.92 Å². The number of nitrogens with zero attached hydrogens (tertiary/aromatic N) is 2. The molecule has 104 valence electrons. The average molecular weight is 265 g/mol. The minimum absolute atomic E-state index is 0.0538. The number of carboxylic acid groups (broad SMARTS) is 1. The number of carbonyl (C=O) groups is 2. The van der Waals surface area contributed by atoms with Gasteiger partial charge in [-0.25, -0.2) is 14.6 Å². The van der Waals surface area contributed by atoms with Crippen LogP contribution in [-0.2, 0) is 0 Å². The number of nitrogens with one attached hydrogen (secondary N) is 1. The van der Waals surface area contributed by atoms with Gasteiger partial charge in [-0.05, 0) is 25.0 Å². The Balaban J connectivity index is 2.69. The van der Waals surface area contributed by atoms with Crippen LogP contribution < -0.4 is 5.32 Å². The van der Waals surface area contributed by atoms with E-state index in [2.05, 4.69) is 10.3 Å². The van der Waals surface area contributed by atoms with Crippen molar-refractivity contribution >= 4 is 17.7 Å². The largest absolute Gasteiger partial charge is 0.477 e. The Morgan fingerprint density at radius 1 is 1.32 bits per heavy atom. The van der Waals surface area contributed by atoms with Gasteiger partial charge in [0.2, 0.25) is 0 Å². The van der Waals surface area contributed by atoms with Crippen molar-refractivity contribution < 1.29 is 14.7 Å². The molecule has 0 radical (unpaired) electrons. The Morgan fingerprint density at radius 2 is 1.95 bits per heavy atom. The smallest absolute Gasteiger partial charge is 0.354 e. The van der Waals surface area contributed by atoms with Gasteiger partial charge >= 0.3 is 12.0 Å². The summed E-state index contributed by atoms with van der Waals surface area (Å²) < 4.78 is 0. The number of pyridine rings is 1. The fourth-order valence-corrected chi connectivity index (χ4v) is 1.44. The van der Waals surface area contributed by atoms with E-state index in [4.69, 9.17) is 5.11 Å². The van der Waals surface area contributed by atoms with E-state index in [1.165, 1.54) is 18.3 Å². The quantitative estimate of drug-likeness (QED) is 0.875. The number of anilines is 1. The van der Waals surface area contributed by atoms with Crippen LogP contribution in [0.1, 0.15) is 31.3 Å². The second kappa shape index (κ2) is 6.17. The number of carboxylic acids is 1. The van der Waals surface area contributed by atoms with Gasteiger partial charge in [0, 0.05) is 13.1 Å². The second-order valence-electron chi connectivity index (χ2n) is 4.76. The minimum Gasteiger partial charge on any atom is -0.477 e. The first-order valence-corrected chi connectivity index (χ1v) is 6.06. The van der Waals surface area contributed by atoms with Crippen molar-refractivity contribution in [1.82, 2.24) is 9.88 Å². The minimum atomic E-state index is -1.09. The highest BCUT2D eigenvalue weighted by Gasteiger charge is 2.18. The molecule has 1 aromatic rings. The van der Waals surface area contributed by atoms with Crippen molar-refractivity contribution in [2.24, 2.45) is 5.92 Å². The molecule has 0 saturated heterocycles. The van der Waals surface area contributed by atoms with Crippen LogP contribution in [0.25, 0.3) is 0 Å². The average Bonchev–Trinajstić information content (AvgIpc) is 2.37. The monoisotopic (exact) mass is 265 g/mol. The summed E-state index contributed by atoms with van der Waals surface area (Å²) in [5.41, 5.74) is 0.416. The molecule has 0 bridgehead atoms. The Kier molecular flexibility index (Phi) is 4.86. The van der Waals surface area contributed by atoms with Crippen LogP contribution >= 0.6 is 0 Å². The lowest BCUT2D eigenvalue weighted by Crippen LogP contribution is -2.40. The lowest BCUT2D eigenvalue weighted by Gasteiger charge is -2.28. The molecular weight excluding hydrogens is 246 g/mol. The van der Waals surface area contributed by atoms with Gasteiger partial charge in [-0.1, -0.05) is 13.8 Å². The molecule has 19 heavy (non-hydrogen) atoms. The molecule has 2 amide bonds. The van der Waals surface area contributed by atoms with Crippen molar-refractivity contribution in [1.29, 1.82) is 0 Å². The number of hydrogen-bond donors (Lipinski definition) is 2. The Hall–Kier alpha value is -2.11. The number of rotatable bonds is 4. The fraction of sp³-hybridized carbons (Fsp3) is 0.462. The van der Waals surface area contributed by atoms with Crippen LogP contribution in [-0.4, -0.2) is 40.1 Å². The highest BCUT2D eigenvalue weighted by atomic mass is 16.4. The molecule has 1 unspecified atom stereocenters. The molecule has 0 fully saturated rings. The summed E-state index contributed by atoms with van der Waals surface area (Å²) >= 11 is 0. The first kappa shape index (κ1) is 14.9. The lowest BCUT2D eigenvalue weighted by molar-refractivity contribution is 0.0690. The van der Waals surface area contributed by atoms with Gasteiger partial charge < -0.3 is 15.3 Å². The van der Waals surface area contributed by atoms with E-state index in [1.54, 1.807) is 11.9 Å². The van der Waals surface area contributed by atoms with Crippen LogP contribution in [0.4, 0.5) is 10.5 Å². The molecule has 0 spiro atoms. The highest BCUT2D eigenvalue weighted by molar-refractivity contribution is 5.90. The van der Waals surface area contributed by atoms with E-state index in [0.717, 1.165) is 0 Å². The third-order valence-electron chi connectivity index (χ3n) is 3.13. The summed E-state index contributed by atoms with van der Waals surface area (Å²) in [7, 11) is 1.72. The van der Waals surface area contributed by atoms with Gasteiger partial charge in [0.15, 0.2) is 0 Å². The van der Waals surface area contributed by atoms with Crippen molar-refractivity contribution in [2.45, 2.75) is 26.8 Å². The van der Waals surface area contributed by atoms with Crippen molar-refractivity contribution in [3.8, 4) is 0 Å². The van der Waals surface area contributed by atoms with E-state index in [-0.39, 0.29) is 17.8 Å². The molecular formula is C13H19N3O3. The van der Waals surface area contributed by atoms with Gasteiger partial charge in [-0.2, -0.15) is 0 Å². The normalized spacial score (nSPS) is 12.1. The molecule has 0 aliphatic heterocycles. The van der Waals surface area contributed by atoms with Crippen LogP contribution in [0.3, 0.4) is 0 Å². The molecule has 0 aliphatic carbocycles. The van der Waals surface area contributed by atoms with E-state index in [1.807, 2.05) is 20.8 Å². The number of carbonyl (C=O) groups excluding carboxylic acids is 1. The van der Waals surface area contributed by atoms with E-state index in [0.29, 0.717) is 11.6 Å². The molecule has 1 aromatic heterocycles. The summed E-state index contributed by atoms with van der Waals surface area (Å²) in [6, 6.07) is 2.73. The van der Waals surface area contributed by atoms with E-state index >= 15 is 0 Å². The topological polar surface area (TPSA) is 82.5 Å². The zero-order valence-electron chi connectivity index (χ0n) is 11.5. The summed E-state index contributed by atoms with van der Waals surface area (Å²) in [5, 5.41) is 11.4. The van der Waals surface area contributed by atoms with Crippen LogP contribution in [0.5, 0.6) is 0 Å². The summed E-state index contributed by atoms with van der Waals surface area (Å²) in [4.78, 5) is 27.9. The standard InChI is InChI=1S/C13H19N3O3/c1-8(2)9(3)16(4)13(19)15-10-5-6-11(12(17)18)14-7-10/h5-9H,1-4H3,(H,15,19)(H,17,18). The molecule has 0 aromatic carbocycles. The molecule has 2 N–H and O–H groups in total. The zero-order valence-corrected chi connectivity index (χ0v) is 11.5. The molecule has 6 nitrogen and oxygen atoms in total. The summed E-state index contributed by atoms with van der Waals surface area (Å²) in [6.45, 7) is 6.05. The summed E-state index contributed by atoms with van der Waals surface area (Å²) in [6.07, 6.45) is 1.33. The van der Waals surface area contributed by atoms with Gasteiger partial charge in [-0.15, -0.1) is 0 Å². The maximum Gasteiger partial charge on any atom is 0.354 e. The molecule has 6 heteroatoms. The molecule has 0 aliphatic rings. The summed E-state index contributed by atoms with van der Waals surface area (Å²) in [5.74, 6) is -0.744. The van der Waals surface area contributed by atoms with E-state index in [9.17, 15) is 9.59 Å². The SMILES string of the molecule is CC(C)C(C)N(C)C(=O)Nc1ccc(C(=O)O)nc1. The number of urea groups is 1. The van der Waals surface area contributed by atoms with E-state index < -0.39 is 5.97 Å². The lowest BCUT2D eigenvalue weighted by atomic mass is 10.1. The molecule has 1 atom stereocenters. The highest BCUT2D eigenvalue weighted by Crippen LogP contribution is 2.11. The maximum absolute atomic E-state index is 11.9. The van der Waals surface area contributed by atoms with Crippen LogP contribution in [0.2, 0.25) is 0 Å². The zero-order chi connectivity index (χ0) is 14.6. The van der Waals surface area contributed by atoms with Gasteiger partial charge in [0.05, 0.1) is 11.9 Å². The van der Waals surface area contributed by atoms with Gasteiger partial charge in [-0.3, -0.25) is 0 Å². The van der Waals surface area contributed by atoms with Gasteiger partial charge in [0.25, 0.3) is 0 Å². The second-order valence-corrected chi connectivity index (χ2v) is 4.76. The number of aromatic nitrogens is 1. The van der Waals surface area contributed by atoms with Crippen LogP contribution in [0.15, 0.2) is 18.3 Å².